The molecule has 0 fully saturated rings. The average molecular weight is 358 g/mol. The highest BCUT2D eigenvalue weighted by atomic mass is 19.1. The van der Waals surface area contributed by atoms with Crippen molar-refractivity contribution in [2.45, 2.75) is 20.0 Å². The predicted octanol–water partition coefficient (Wildman–Crippen LogP) is 3.18. The first-order chi connectivity index (χ1) is 12.5. The average Bonchev–Trinajstić information content (AvgIpc) is 2.65. The predicted molar refractivity (Wildman–Crippen MR) is 101 cm³/mol. The van der Waals surface area contributed by atoms with Crippen LogP contribution in [0.2, 0.25) is 0 Å². The molecule has 6 nitrogen and oxygen atoms in total. The minimum Gasteiger partial charge on any atom is -0.453 e. The molecule has 0 unspecified atom stereocenters. The second-order valence-electron chi connectivity index (χ2n) is 5.68. The number of ether oxygens (including phenoxy) is 1. The van der Waals surface area contributed by atoms with E-state index in [9.17, 15) is 9.18 Å². The minimum atomic E-state index is -0.506. The molecular formula is C19H23FN4O2. The van der Waals surface area contributed by atoms with E-state index in [4.69, 9.17) is 0 Å². The normalized spacial score (nSPS) is 11.0. The Labute approximate surface area is 152 Å². The van der Waals surface area contributed by atoms with Gasteiger partial charge in [0.25, 0.3) is 0 Å². The van der Waals surface area contributed by atoms with E-state index >= 15 is 0 Å². The fourth-order valence-corrected chi connectivity index (χ4v) is 2.21. The summed E-state index contributed by atoms with van der Waals surface area (Å²) in [7, 11) is 2.99. The molecule has 0 aromatic heterocycles. The van der Waals surface area contributed by atoms with Gasteiger partial charge in [-0.3, -0.25) is 10.3 Å². The molecule has 2 aromatic carbocycles. The Hall–Kier alpha value is -3.09. The Kier molecular flexibility index (Phi) is 6.96. The lowest BCUT2D eigenvalue weighted by Gasteiger charge is -2.13. The van der Waals surface area contributed by atoms with Crippen LogP contribution in [0.25, 0.3) is 0 Å². The molecule has 0 saturated carbocycles. The smallest absolute Gasteiger partial charge is 0.411 e. The molecule has 7 heteroatoms. The maximum absolute atomic E-state index is 13.6. The third-order valence-corrected chi connectivity index (χ3v) is 3.77. The van der Waals surface area contributed by atoms with Crippen molar-refractivity contribution in [3.05, 3.63) is 65.0 Å². The number of anilines is 1. The molecule has 0 radical (unpaired) electrons. The lowest BCUT2D eigenvalue weighted by Crippen LogP contribution is -2.36. The zero-order chi connectivity index (χ0) is 18.9. The largest absolute Gasteiger partial charge is 0.453 e. The Morgan fingerprint density at radius 2 is 1.69 bits per heavy atom. The number of hydrogen-bond acceptors (Lipinski definition) is 3. The van der Waals surface area contributed by atoms with Crippen LogP contribution in [0.1, 0.15) is 16.7 Å². The summed E-state index contributed by atoms with van der Waals surface area (Å²) in [4.78, 5) is 15.3. The first-order valence-electron chi connectivity index (χ1n) is 8.15. The minimum absolute atomic E-state index is 0.215. The molecule has 0 aliphatic rings. The SMILES string of the molecule is CN=C(NCc1ccc(NC(=O)OC)cc1)NCc1ccc(C)c(F)c1. The zero-order valence-corrected chi connectivity index (χ0v) is 15.1. The van der Waals surface area contributed by atoms with E-state index in [-0.39, 0.29) is 5.82 Å². The van der Waals surface area contributed by atoms with Crippen LogP contribution in [0.3, 0.4) is 0 Å². The summed E-state index contributed by atoms with van der Waals surface area (Å²) in [6.07, 6.45) is -0.506. The molecule has 138 valence electrons. The molecule has 1 amide bonds. The van der Waals surface area contributed by atoms with Crippen LogP contribution in [-0.4, -0.2) is 26.2 Å². The van der Waals surface area contributed by atoms with Crippen molar-refractivity contribution < 1.29 is 13.9 Å². The number of carbonyl (C=O) groups is 1. The topological polar surface area (TPSA) is 74.8 Å². The molecule has 3 N–H and O–H groups in total. The van der Waals surface area contributed by atoms with Crippen molar-refractivity contribution in [3.8, 4) is 0 Å². The van der Waals surface area contributed by atoms with E-state index in [1.807, 2.05) is 18.2 Å². The number of nitrogens with one attached hydrogen (secondary N) is 3. The van der Waals surface area contributed by atoms with Gasteiger partial charge in [-0.25, -0.2) is 9.18 Å². The van der Waals surface area contributed by atoms with Gasteiger partial charge in [0.05, 0.1) is 7.11 Å². The van der Waals surface area contributed by atoms with Gasteiger partial charge < -0.3 is 15.4 Å². The Morgan fingerprint density at radius 1 is 1.08 bits per heavy atom. The molecule has 0 aliphatic carbocycles. The van der Waals surface area contributed by atoms with E-state index < -0.39 is 6.09 Å². The number of guanidine groups is 1. The first-order valence-corrected chi connectivity index (χ1v) is 8.15. The number of nitrogens with zero attached hydrogens (tertiary/aromatic N) is 1. The molecule has 0 atom stereocenters. The van der Waals surface area contributed by atoms with E-state index in [0.717, 1.165) is 11.1 Å². The van der Waals surface area contributed by atoms with Gasteiger partial charge in [0.2, 0.25) is 0 Å². The van der Waals surface area contributed by atoms with Crippen molar-refractivity contribution in [1.29, 1.82) is 0 Å². The number of hydrogen-bond donors (Lipinski definition) is 3. The monoisotopic (exact) mass is 358 g/mol. The number of halogens is 1. The summed E-state index contributed by atoms with van der Waals surface area (Å²) >= 11 is 0. The Morgan fingerprint density at radius 3 is 2.27 bits per heavy atom. The van der Waals surface area contributed by atoms with Gasteiger partial charge in [-0.05, 0) is 41.8 Å². The summed E-state index contributed by atoms with van der Waals surface area (Å²) in [6.45, 7) is 2.76. The molecule has 0 spiro atoms. The number of carbonyl (C=O) groups excluding carboxylic acids is 1. The van der Waals surface area contributed by atoms with Gasteiger partial charge in [-0.1, -0.05) is 24.3 Å². The highest BCUT2D eigenvalue weighted by Crippen LogP contribution is 2.10. The molecular weight excluding hydrogens is 335 g/mol. The summed E-state index contributed by atoms with van der Waals surface area (Å²) < 4.78 is 18.1. The van der Waals surface area contributed by atoms with Gasteiger partial charge in [-0.2, -0.15) is 0 Å². The molecule has 0 heterocycles. The second kappa shape index (κ2) is 9.41. The van der Waals surface area contributed by atoms with E-state index in [1.54, 1.807) is 32.2 Å². The maximum atomic E-state index is 13.6. The van der Waals surface area contributed by atoms with Crippen LogP contribution >= 0.6 is 0 Å². The van der Waals surface area contributed by atoms with E-state index in [2.05, 4.69) is 25.7 Å². The first kappa shape index (κ1) is 19.2. The van der Waals surface area contributed by atoms with Gasteiger partial charge in [0, 0.05) is 25.8 Å². The highest BCUT2D eigenvalue weighted by molar-refractivity contribution is 5.84. The third kappa shape index (κ3) is 5.77. The summed E-state index contributed by atoms with van der Waals surface area (Å²) in [6, 6.07) is 12.5. The van der Waals surface area contributed by atoms with Gasteiger partial charge in [-0.15, -0.1) is 0 Å². The number of methoxy groups -OCH3 is 1. The molecule has 0 aliphatic heterocycles. The van der Waals surface area contributed by atoms with Gasteiger partial charge in [0.1, 0.15) is 5.82 Å². The third-order valence-electron chi connectivity index (χ3n) is 3.77. The fraction of sp³-hybridized carbons (Fsp3) is 0.263. The standard InChI is InChI=1S/C19H23FN4O2/c1-13-4-5-15(10-17(13)20)12-23-18(21-2)22-11-14-6-8-16(9-7-14)24-19(25)26-3/h4-10H,11-12H2,1-3H3,(H,24,25)(H2,21,22,23). The van der Waals surface area contributed by atoms with Crippen LogP contribution in [0, 0.1) is 12.7 Å². The molecule has 0 saturated heterocycles. The summed E-state index contributed by atoms with van der Waals surface area (Å²) in [5, 5.41) is 8.93. The fourth-order valence-electron chi connectivity index (χ4n) is 2.21. The van der Waals surface area contributed by atoms with Crippen molar-refractivity contribution >= 4 is 17.7 Å². The van der Waals surface area contributed by atoms with Crippen molar-refractivity contribution in [2.24, 2.45) is 4.99 Å². The molecule has 2 aromatic rings. The molecule has 0 bridgehead atoms. The van der Waals surface area contributed by atoms with Crippen molar-refractivity contribution in [1.82, 2.24) is 10.6 Å². The van der Waals surface area contributed by atoms with Gasteiger partial charge in [0.15, 0.2) is 5.96 Å². The summed E-state index contributed by atoms with van der Waals surface area (Å²) in [5.74, 6) is 0.399. The van der Waals surface area contributed by atoms with E-state index in [1.165, 1.54) is 13.2 Å². The van der Waals surface area contributed by atoms with Crippen molar-refractivity contribution in [2.75, 3.05) is 19.5 Å². The van der Waals surface area contributed by atoms with Crippen LogP contribution in [0.4, 0.5) is 14.9 Å². The number of rotatable bonds is 5. The highest BCUT2D eigenvalue weighted by Gasteiger charge is 2.03. The lowest BCUT2D eigenvalue weighted by molar-refractivity contribution is 0.187. The number of aliphatic imine (C=N–C) groups is 1. The summed E-state index contributed by atoms with van der Waals surface area (Å²) in [5.41, 5.74) is 3.14. The zero-order valence-electron chi connectivity index (χ0n) is 15.1. The van der Waals surface area contributed by atoms with Crippen LogP contribution < -0.4 is 16.0 Å². The van der Waals surface area contributed by atoms with Crippen LogP contribution in [-0.2, 0) is 17.8 Å². The second-order valence-corrected chi connectivity index (χ2v) is 5.68. The Bertz CT molecular complexity index is 776. The van der Waals surface area contributed by atoms with Crippen LogP contribution in [0.5, 0.6) is 0 Å². The Balaban J connectivity index is 1.84. The lowest BCUT2D eigenvalue weighted by atomic mass is 10.1. The molecule has 26 heavy (non-hydrogen) atoms. The maximum Gasteiger partial charge on any atom is 0.411 e. The van der Waals surface area contributed by atoms with E-state index in [0.29, 0.717) is 30.3 Å². The van der Waals surface area contributed by atoms with Gasteiger partial charge >= 0.3 is 6.09 Å². The van der Waals surface area contributed by atoms with Crippen LogP contribution in [0.15, 0.2) is 47.5 Å². The van der Waals surface area contributed by atoms with Crippen molar-refractivity contribution in [3.63, 3.8) is 0 Å². The number of aryl methyl sites for hydroxylation is 1. The number of amides is 1. The molecule has 2 rings (SSSR count). The quantitative estimate of drug-likeness (QED) is 0.567. The number of benzene rings is 2.